The van der Waals surface area contributed by atoms with Crippen LogP contribution in [-0.2, 0) is 4.74 Å². The molecule has 1 fully saturated rings. The van der Waals surface area contributed by atoms with Crippen LogP contribution in [0.2, 0.25) is 0 Å². The highest BCUT2D eigenvalue weighted by Gasteiger charge is 2.36. The van der Waals surface area contributed by atoms with Gasteiger partial charge in [-0.1, -0.05) is 6.07 Å². The molecule has 0 bridgehead atoms. The molecule has 4 heterocycles. The predicted molar refractivity (Wildman–Crippen MR) is 111 cm³/mol. The largest absolute Gasteiger partial charge is 0.462 e. The number of thiophene rings is 2. The average Bonchev–Trinajstić information content (AvgIpc) is 3.40. The van der Waals surface area contributed by atoms with Crippen molar-refractivity contribution in [1.29, 1.82) is 0 Å². The van der Waals surface area contributed by atoms with E-state index in [0.29, 0.717) is 39.1 Å². The number of rotatable bonds is 5. The maximum Gasteiger partial charge on any atom is 0.348 e. The number of carbonyl (C=O) groups excluding carboxylic acids is 1. The molecule has 0 aromatic carbocycles. The number of hydrogen-bond donors (Lipinski definition) is 2. The second-order valence-corrected chi connectivity index (χ2v) is 9.14. The maximum atomic E-state index is 12.8. The van der Waals surface area contributed by atoms with Crippen LogP contribution in [0.25, 0.3) is 10.2 Å². The molecule has 28 heavy (non-hydrogen) atoms. The Morgan fingerprint density at radius 3 is 3.04 bits per heavy atom. The molecule has 1 aliphatic rings. The molecule has 1 aliphatic heterocycles. The Morgan fingerprint density at radius 2 is 2.32 bits per heavy atom. The first-order valence-electron chi connectivity index (χ1n) is 9.60. The van der Waals surface area contributed by atoms with E-state index in [1.165, 1.54) is 27.5 Å². The third kappa shape index (κ3) is 3.29. The minimum atomic E-state index is -0.389. The molecule has 0 amide bonds. The zero-order valence-electron chi connectivity index (χ0n) is 16.2. The van der Waals surface area contributed by atoms with Gasteiger partial charge in [0.2, 0.25) is 0 Å². The lowest BCUT2D eigenvalue weighted by Gasteiger charge is -2.26. The number of H-pyrrole nitrogens is 1. The van der Waals surface area contributed by atoms with E-state index in [1.807, 2.05) is 0 Å². The monoisotopic (exact) mass is 418 g/mol. The van der Waals surface area contributed by atoms with Crippen LogP contribution in [0.15, 0.2) is 22.3 Å². The van der Waals surface area contributed by atoms with Gasteiger partial charge in [0.15, 0.2) is 5.82 Å². The first kappa shape index (κ1) is 19.3. The van der Waals surface area contributed by atoms with E-state index < -0.39 is 0 Å². The maximum absolute atomic E-state index is 12.8. The Bertz CT molecular complexity index is 1050. The van der Waals surface area contributed by atoms with E-state index in [9.17, 15) is 9.59 Å². The summed E-state index contributed by atoms with van der Waals surface area (Å²) in [7, 11) is 0. The third-order valence-corrected chi connectivity index (χ3v) is 7.69. The molecule has 8 heteroatoms. The number of hydrogen-bond acceptors (Lipinski definition) is 6. The Labute approximate surface area is 171 Å². The highest BCUT2D eigenvalue weighted by atomic mass is 32.1. The summed E-state index contributed by atoms with van der Waals surface area (Å²) in [6, 6.07) is 4.80. The lowest BCUT2D eigenvalue weighted by Crippen LogP contribution is -3.10. The zero-order valence-corrected chi connectivity index (χ0v) is 17.8. The molecule has 0 spiro atoms. The molecule has 1 saturated heterocycles. The fraction of sp³-hybridized carbons (Fsp3) is 0.450. The van der Waals surface area contributed by atoms with Gasteiger partial charge in [0.05, 0.1) is 23.4 Å². The number of quaternary nitrogens is 1. The topological polar surface area (TPSA) is 76.5 Å². The minimum absolute atomic E-state index is 0.0696. The SMILES string of the molecule is CCOC(=O)c1sc2nc([C@H](C)[NH+]3CCC[C@@H]3c3cccs3)[nH]c(=O)c2c1C. The fourth-order valence-electron chi connectivity index (χ4n) is 4.14. The third-order valence-electron chi connectivity index (χ3n) is 5.54. The van der Waals surface area contributed by atoms with Crippen LogP contribution in [0.4, 0.5) is 0 Å². The van der Waals surface area contributed by atoms with Crippen molar-refractivity contribution in [3.63, 3.8) is 0 Å². The average molecular weight is 419 g/mol. The summed E-state index contributed by atoms with van der Waals surface area (Å²) >= 11 is 3.04. The number of likely N-dealkylation sites (tertiary alicyclic amines) is 1. The first-order chi connectivity index (χ1) is 13.5. The quantitative estimate of drug-likeness (QED) is 0.625. The molecule has 4 rings (SSSR count). The number of nitrogens with zero attached hydrogens (tertiary/aromatic N) is 1. The molecule has 0 radical (unpaired) electrons. The van der Waals surface area contributed by atoms with Crippen molar-refractivity contribution in [1.82, 2.24) is 9.97 Å². The number of carbonyl (C=O) groups is 1. The molecule has 3 aromatic rings. The molecule has 3 aromatic heterocycles. The minimum Gasteiger partial charge on any atom is -0.462 e. The van der Waals surface area contributed by atoms with Gasteiger partial charge in [0.1, 0.15) is 21.8 Å². The molecular weight excluding hydrogens is 394 g/mol. The summed E-state index contributed by atoms with van der Waals surface area (Å²) in [6.07, 6.45) is 2.32. The molecule has 2 N–H and O–H groups in total. The highest BCUT2D eigenvalue weighted by Crippen LogP contribution is 2.29. The van der Waals surface area contributed by atoms with E-state index in [-0.39, 0.29) is 17.6 Å². The Kier molecular flexibility index (Phi) is 5.35. The van der Waals surface area contributed by atoms with E-state index in [0.717, 1.165) is 13.0 Å². The number of esters is 1. The smallest absolute Gasteiger partial charge is 0.348 e. The van der Waals surface area contributed by atoms with Gasteiger partial charge < -0.3 is 14.6 Å². The van der Waals surface area contributed by atoms with Crippen molar-refractivity contribution in [2.45, 2.75) is 45.7 Å². The van der Waals surface area contributed by atoms with Gasteiger partial charge in [-0.25, -0.2) is 9.78 Å². The van der Waals surface area contributed by atoms with Crippen LogP contribution in [0, 0.1) is 6.92 Å². The lowest BCUT2D eigenvalue weighted by atomic mass is 10.1. The Hall–Kier alpha value is -2.03. The van der Waals surface area contributed by atoms with Crippen LogP contribution < -0.4 is 10.5 Å². The lowest BCUT2D eigenvalue weighted by molar-refractivity contribution is -0.947. The van der Waals surface area contributed by atoms with Crippen molar-refractivity contribution < 1.29 is 14.4 Å². The number of ether oxygens (including phenoxy) is 1. The number of aromatic amines is 1. The molecule has 0 aliphatic carbocycles. The Balaban J connectivity index is 1.71. The normalized spacial score (nSPS) is 20.5. The van der Waals surface area contributed by atoms with Crippen molar-refractivity contribution in [3.05, 3.63) is 49.0 Å². The van der Waals surface area contributed by atoms with E-state index in [2.05, 4.69) is 29.4 Å². The van der Waals surface area contributed by atoms with Crippen LogP contribution in [0.1, 0.15) is 64.7 Å². The van der Waals surface area contributed by atoms with Crippen molar-refractivity contribution in [2.75, 3.05) is 13.2 Å². The zero-order chi connectivity index (χ0) is 19.8. The summed E-state index contributed by atoms with van der Waals surface area (Å²) in [6.45, 7) is 7.04. The van der Waals surface area contributed by atoms with Crippen molar-refractivity contribution >= 4 is 38.9 Å². The summed E-state index contributed by atoms with van der Waals surface area (Å²) in [4.78, 5) is 36.6. The van der Waals surface area contributed by atoms with Crippen molar-refractivity contribution in [2.24, 2.45) is 0 Å². The highest BCUT2D eigenvalue weighted by molar-refractivity contribution is 7.20. The standard InChI is InChI=1S/C20H23N3O3S2/c1-4-26-20(25)16-11(2)15-18(24)21-17(22-19(15)28-16)12(3)23-9-5-7-13(23)14-8-6-10-27-14/h6,8,10,12-13H,4-5,7,9H2,1-3H3,(H,21,22,24)/p+1/t12-,13+/m0/s1. The molecule has 1 unspecified atom stereocenters. The Morgan fingerprint density at radius 1 is 1.50 bits per heavy atom. The summed E-state index contributed by atoms with van der Waals surface area (Å²) < 4.78 is 5.12. The van der Waals surface area contributed by atoms with E-state index >= 15 is 0 Å². The molecule has 6 nitrogen and oxygen atoms in total. The van der Waals surface area contributed by atoms with Gasteiger partial charge in [-0.3, -0.25) is 4.79 Å². The summed E-state index contributed by atoms with van der Waals surface area (Å²) in [5.41, 5.74) is 0.471. The van der Waals surface area contributed by atoms with Gasteiger partial charge in [0.25, 0.3) is 5.56 Å². The van der Waals surface area contributed by atoms with Gasteiger partial charge in [-0.2, -0.15) is 0 Å². The number of nitrogens with one attached hydrogen (secondary N) is 2. The van der Waals surface area contributed by atoms with Crippen molar-refractivity contribution in [3.8, 4) is 0 Å². The predicted octanol–water partition coefficient (Wildman–Crippen LogP) is 3.01. The number of fused-ring (bicyclic) bond motifs is 1. The molecule has 0 saturated carbocycles. The second kappa shape index (κ2) is 7.77. The number of aryl methyl sites for hydroxylation is 1. The van der Waals surface area contributed by atoms with Crippen LogP contribution in [-0.4, -0.2) is 29.1 Å². The van der Waals surface area contributed by atoms with Crippen LogP contribution >= 0.6 is 22.7 Å². The second-order valence-electron chi connectivity index (χ2n) is 7.16. The first-order valence-corrected chi connectivity index (χ1v) is 11.3. The molecular formula is C20H24N3O3S2+. The van der Waals surface area contributed by atoms with E-state index in [1.54, 1.807) is 25.2 Å². The number of aromatic nitrogens is 2. The summed E-state index contributed by atoms with van der Waals surface area (Å²) in [5, 5.41) is 2.61. The van der Waals surface area contributed by atoms with Gasteiger partial charge in [-0.05, 0) is 37.8 Å². The molecule has 3 atom stereocenters. The fourth-order valence-corrected chi connectivity index (χ4v) is 6.12. The van der Waals surface area contributed by atoms with Crippen LogP contribution in [0.5, 0.6) is 0 Å². The molecule has 148 valence electrons. The van der Waals surface area contributed by atoms with Gasteiger partial charge in [0, 0.05) is 12.8 Å². The van der Waals surface area contributed by atoms with Gasteiger partial charge in [-0.15, -0.1) is 22.7 Å². The van der Waals surface area contributed by atoms with Crippen LogP contribution in [0.3, 0.4) is 0 Å². The van der Waals surface area contributed by atoms with Gasteiger partial charge >= 0.3 is 5.97 Å². The van der Waals surface area contributed by atoms with E-state index in [4.69, 9.17) is 9.72 Å². The summed E-state index contributed by atoms with van der Waals surface area (Å²) in [5.74, 6) is 0.299.